The summed E-state index contributed by atoms with van der Waals surface area (Å²) < 4.78 is 0. The molecule has 2 rings (SSSR count). The molecule has 1 aromatic carbocycles. The van der Waals surface area contributed by atoms with Gasteiger partial charge in [0.05, 0.1) is 11.8 Å². The summed E-state index contributed by atoms with van der Waals surface area (Å²) in [5, 5.41) is 18.3. The van der Waals surface area contributed by atoms with E-state index in [1.165, 1.54) is 17.0 Å². The van der Waals surface area contributed by atoms with Gasteiger partial charge in [0.15, 0.2) is 0 Å². The van der Waals surface area contributed by atoms with E-state index in [1.54, 1.807) is 33.0 Å². The molecule has 0 saturated heterocycles. The number of nitrogens with zero attached hydrogens (tertiary/aromatic N) is 1. The number of carbonyl (C=O) groups is 2. The average molecular weight is 263 g/mol. The monoisotopic (exact) mass is 263 g/mol. The van der Waals surface area contributed by atoms with E-state index in [2.05, 4.69) is 0 Å². The number of phenolic OH excluding ortho intramolecular Hbond substituents is 1. The lowest BCUT2D eigenvalue weighted by molar-refractivity contribution is -0.140. The molecule has 0 aliphatic heterocycles. The fraction of sp³-hybridized carbons (Fsp3) is 0.429. The number of anilines is 1. The third-order valence-electron chi connectivity index (χ3n) is 3.93. The van der Waals surface area contributed by atoms with Gasteiger partial charge in [-0.15, -0.1) is 0 Å². The Kier molecular flexibility index (Phi) is 3.00. The summed E-state index contributed by atoms with van der Waals surface area (Å²) in [5.41, 5.74) is 0.128. The molecule has 2 N–H and O–H groups in total. The second-order valence-corrected chi connectivity index (χ2v) is 5.53. The standard InChI is InChI=1S/C14H17NO4/c1-14(2)10(11(14)13(18)19)12(17)15(3)8-4-6-9(16)7-5-8/h4-7,10-11,16H,1-3H3,(H,18,19)/t10-,11+/m1/s1. The number of aromatic hydroxyl groups is 1. The highest BCUT2D eigenvalue weighted by Gasteiger charge is 2.66. The van der Waals surface area contributed by atoms with E-state index in [0.717, 1.165) is 0 Å². The van der Waals surface area contributed by atoms with E-state index < -0.39 is 23.2 Å². The first-order chi connectivity index (χ1) is 8.76. The molecule has 1 amide bonds. The van der Waals surface area contributed by atoms with Crippen LogP contribution in [0, 0.1) is 17.3 Å². The number of rotatable bonds is 3. The normalized spacial score (nSPS) is 23.7. The van der Waals surface area contributed by atoms with Gasteiger partial charge < -0.3 is 15.1 Å². The molecule has 5 nitrogen and oxygen atoms in total. The van der Waals surface area contributed by atoms with Crippen LogP contribution in [0.3, 0.4) is 0 Å². The van der Waals surface area contributed by atoms with E-state index in [4.69, 9.17) is 5.11 Å². The molecule has 102 valence electrons. The van der Waals surface area contributed by atoms with Crippen molar-refractivity contribution in [1.29, 1.82) is 0 Å². The predicted molar refractivity (Wildman–Crippen MR) is 69.9 cm³/mol. The zero-order valence-corrected chi connectivity index (χ0v) is 11.1. The van der Waals surface area contributed by atoms with Gasteiger partial charge in [0.25, 0.3) is 0 Å². The van der Waals surface area contributed by atoms with E-state index in [1.807, 2.05) is 0 Å². The number of hydrogen-bond donors (Lipinski definition) is 2. The van der Waals surface area contributed by atoms with E-state index in [0.29, 0.717) is 5.69 Å². The fourth-order valence-electron chi connectivity index (χ4n) is 2.57. The van der Waals surface area contributed by atoms with Crippen molar-refractivity contribution in [3.05, 3.63) is 24.3 Å². The molecule has 1 aromatic rings. The van der Waals surface area contributed by atoms with Gasteiger partial charge >= 0.3 is 5.97 Å². The Bertz CT molecular complexity index is 521. The second kappa shape index (κ2) is 4.26. The maximum absolute atomic E-state index is 12.3. The first-order valence-electron chi connectivity index (χ1n) is 6.06. The number of carbonyl (C=O) groups excluding carboxylic acids is 1. The summed E-state index contributed by atoms with van der Waals surface area (Å²) in [7, 11) is 1.61. The first-order valence-corrected chi connectivity index (χ1v) is 6.06. The van der Waals surface area contributed by atoms with E-state index >= 15 is 0 Å². The molecule has 0 aromatic heterocycles. The molecule has 0 spiro atoms. The molecule has 1 aliphatic rings. The molecule has 0 heterocycles. The number of aliphatic carboxylic acids is 1. The Balaban J connectivity index is 2.17. The van der Waals surface area contributed by atoms with Gasteiger partial charge in [-0.3, -0.25) is 9.59 Å². The molecule has 1 fully saturated rings. The van der Waals surface area contributed by atoms with Gasteiger partial charge in [-0.1, -0.05) is 13.8 Å². The van der Waals surface area contributed by atoms with Crippen molar-refractivity contribution < 1.29 is 19.8 Å². The van der Waals surface area contributed by atoms with Gasteiger partial charge in [0.2, 0.25) is 5.91 Å². The number of benzene rings is 1. The summed E-state index contributed by atoms with van der Waals surface area (Å²) in [6, 6.07) is 6.23. The molecule has 19 heavy (non-hydrogen) atoms. The second-order valence-electron chi connectivity index (χ2n) is 5.53. The van der Waals surface area contributed by atoms with Crippen LogP contribution in [0.2, 0.25) is 0 Å². The van der Waals surface area contributed by atoms with Crippen molar-refractivity contribution in [2.45, 2.75) is 13.8 Å². The van der Waals surface area contributed by atoms with Crippen LogP contribution in [-0.2, 0) is 9.59 Å². The highest BCUT2D eigenvalue weighted by Crippen LogP contribution is 2.59. The Morgan fingerprint density at radius 2 is 1.68 bits per heavy atom. The van der Waals surface area contributed by atoms with Gasteiger partial charge in [-0.2, -0.15) is 0 Å². The fourth-order valence-corrected chi connectivity index (χ4v) is 2.57. The highest BCUT2D eigenvalue weighted by atomic mass is 16.4. The summed E-state index contributed by atoms with van der Waals surface area (Å²) in [5.74, 6) is -2.13. The van der Waals surface area contributed by atoms with Crippen molar-refractivity contribution in [2.24, 2.45) is 17.3 Å². The van der Waals surface area contributed by atoms with Gasteiger partial charge in [0.1, 0.15) is 5.75 Å². The summed E-state index contributed by atoms with van der Waals surface area (Å²) in [6.07, 6.45) is 0. The SMILES string of the molecule is CN(C(=O)[C@H]1[C@@H](C(=O)O)C1(C)C)c1ccc(O)cc1. The van der Waals surface area contributed by atoms with Crippen LogP contribution < -0.4 is 4.90 Å². The number of amides is 1. The minimum atomic E-state index is -0.928. The molecule has 0 unspecified atom stereocenters. The average Bonchev–Trinajstić information content (AvgIpc) is 2.91. The minimum Gasteiger partial charge on any atom is -0.508 e. The van der Waals surface area contributed by atoms with E-state index in [9.17, 15) is 14.7 Å². The lowest BCUT2D eigenvalue weighted by atomic mass is 10.1. The van der Waals surface area contributed by atoms with Crippen molar-refractivity contribution in [1.82, 2.24) is 0 Å². The van der Waals surface area contributed by atoms with Crippen molar-refractivity contribution in [3.8, 4) is 5.75 Å². The largest absolute Gasteiger partial charge is 0.508 e. The smallest absolute Gasteiger partial charge is 0.307 e. The third kappa shape index (κ3) is 2.16. The van der Waals surface area contributed by atoms with Crippen molar-refractivity contribution >= 4 is 17.6 Å². The van der Waals surface area contributed by atoms with Crippen LogP contribution in [0.25, 0.3) is 0 Å². The predicted octanol–water partition coefficient (Wildman–Crippen LogP) is 1.71. The first kappa shape index (κ1) is 13.4. The number of carboxylic acids is 1. The van der Waals surface area contributed by atoms with Crippen molar-refractivity contribution in [3.63, 3.8) is 0 Å². The Hall–Kier alpha value is -2.04. The van der Waals surface area contributed by atoms with Crippen LogP contribution in [0.15, 0.2) is 24.3 Å². The number of carboxylic acid groups (broad SMARTS) is 1. The molecule has 1 aliphatic carbocycles. The summed E-state index contributed by atoms with van der Waals surface area (Å²) >= 11 is 0. The van der Waals surface area contributed by atoms with Gasteiger partial charge in [-0.25, -0.2) is 0 Å². The van der Waals surface area contributed by atoms with Gasteiger partial charge in [-0.05, 0) is 29.7 Å². The zero-order chi connectivity index (χ0) is 14.4. The zero-order valence-electron chi connectivity index (χ0n) is 11.1. The summed E-state index contributed by atoms with van der Waals surface area (Å²) in [6.45, 7) is 3.58. The Morgan fingerprint density at radius 3 is 2.11 bits per heavy atom. The molecule has 0 radical (unpaired) electrons. The Labute approximate surface area is 111 Å². The van der Waals surface area contributed by atoms with Crippen LogP contribution in [0.1, 0.15) is 13.8 Å². The minimum absolute atomic E-state index is 0.125. The number of hydrogen-bond acceptors (Lipinski definition) is 3. The van der Waals surface area contributed by atoms with Gasteiger partial charge in [0, 0.05) is 12.7 Å². The molecule has 1 saturated carbocycles. The maximum atomic E-state index is 12.3. The quantitative estimate of drug-likeness (QED) is 0.870. The molecule has 5 heteroatoms. The van der Waals surface area contributed by atoms with Crippen LogP contribution >= 0.6 is 0 Å². The maximum Gasteiger partial charge on any atom is 0.307 e. The van der Waals surface area contributed by atoms with Crippen LogP contribution in [-0.4, -0.2) is 29.1 Å². The third-order valence-corrected chi connectivity index (χ3v) is 3.93. The van der Waals surface area contributed by atoms with E-state index in [-0.39, 0.29) is 11.7 Å². The van der Waals surface area contributed by atoms with Crippen LogP contribution in [0.5, 0.6) is 5.75 Å². The Morgan fingerprint density at radius 1 is 1.16 bits per heavy atom. The lowest BCUT2D eigenvalue weighted by Crippen LogP contribution is -2.29. The highest BCUT2D eigenvalue weighted by molar-refractivity contribution is 6.01. The molecule has 2 atom stereocenters. The molecule has 0 bridgehead atoms. The molecular weight excluding hydrogens is 246 g/mol. The number of phenols is 1. The summed E-state index contributed by atoms with van der Waals surface area (Å²) in [4.78, 5) is 24.9. The van der Waals surface area contributed by atoms with Crippen LogP contribution in [0.4, 0.5) is 5.69 Å². The topological polar surface area (TPSA) is 77.8 Å². The van der Waals surface area contributed by atoms with Crippen molar-refractivity contribution in [2.75, 3.05) is 11.9 Å². The lowest BCUT2D eigenvalue weighted by Gasteiger charge is -2.18. The molecular formula is C14H17NO4.